The highest BCUT2D eigenvalue weighted by atomic mass is 16.1. The highest BCUT2D eigenvalue weighted by Gasteiger charge is 2.23. The van der Waals surface area contributed by atoms with Crippen molar-refractivity contribution in [2.45, 2.75) is 38.8 Å². The van der Waals surface area contributed by atoms with Gasteiger partial charge in [0.05, 0.1) is 0 Å². The fraction of sp³-hybridized carbons (Fsp3) is 0.533. The maximum Gasteiger partial charge on any atom is 0.251 e. The van der Waals surface area contributed by atoms with Gasteiger partial charge in [-0.3, -0.25) is 4.79 Å². The molecule has 1 amide bonds. The predicted octanol–water partition coefficient (Wildman–Crippen LogP) is 2.32. The van der Waals surface area contributed by atoms with Gasteiger partial charge in [0.2, 0.25) is 0 Å². The standard InChI is InChI=1S/C15H22N2O/c1-11(9-12-3-4-12)17-10-13-5-7-14(8-6-13)15(18)16-2/h5-8,11-12,17H,3-4,9-10H2,1-2H3,(H,16,18). The van der Waals surface area contributed by atoms with E-state index in [-0.39, 0.29) is 5.91 Å². The highest BCUT2D eigenvalue weighted by molar-refractivity contribution is 5.93. The molecule has 1 aromatic rings. The van der Waals surface area contributed by atoms with Gasteiger partial charge in [0, 0.05) is 25.2 Å². The molecule has 1 saturated carbocycles. The SMILES string of the molecule is CNC(=O)c1ccc(CNC(C)CC2CC2)cc1. The van der Waals surface area contributed by atoms with E-state index >= 15 is 0 Å². The number of carbonyl (C=O) groups excluding carboxylic acids is 1. The minimum Gasteiger partial charge on any atom is -0.355 e. The molecule has 0 spiro atoms. The molecule has 0 aromatic heterocycles. The molecule has 98 valence electrons. The Labute approximate surface area is 109 Å². The van der Waals surface area contributed by atoms with Crippen molar-refractivity contribution in [2.24, 2.45) is 5.92 Å². The first-order valence-electron chi connectivity index (χ1n) is 6.73. The molecule has 1 aliphatic carbocycles. The Bertz CT molecular complexity index is 395. The third kappa shape index (κ3) is 3.84. The van der Waals surface area contributed by atoms with E-state index in [2.05, 4.69) is 17.6 Å². The summed E-state index contributed by atoms with van der Waals surface area (Å²) >= 11 is 0. The van der Waals surface area contributed by atoms with Crippen molar-refractivity contribution >= 4 is 5.91 Å². The lowest BCUT2D eigenvalue weighted by Gasteiger charge is -2.13. The van der Waals surface area contributed by atoms with Gasteiger partial charge in [-0.15, -0.1) is 0 Å². The van der Waals surface area contributed by atoms with E-state index in [4.69, 9.17) is 0 Å². The summed E-state index contributed by atoms with van der Waals surface area (Å²) in [7, 11) is 1.65. The maximum absolute atomic E-state index is 11.4. The van der Waals surface area contributed by atoms with Gasteiger partial charge in [0.15, 0.2) is 0 Å². The molecule has 1 atom stereocenters. The van der Waals surface area contributed by atoms with Crippen molar-refractivity contribution in [1.29, 1.82) is 0 Å². The van der Waals surface area contributed by atoms with Gasteiger partial charge in [0.1, 0.15) is 0 Å². The first-order chi connectivity index (χ1) is 8.69. The number of benzene rings is 1. The Balaban J connectivity index is 1.80. The number of hydrogen-bond acceptors (Lipinski definition) is 2. The van der Waals surface area contributed by atoms with Crippen molar-refractivity contribution in [1.82, 2.24) is 10.6 Å². The van der Waals surface area contributed by atoms with Gasteiger partial charge in [0.25, 0.3) is 5.91 Å². The normalized spacial score (nSPS) is 16.3. The molecular weight excluding hydrogens is 224 g/mol. The Morgan fingerprint density at radius 3 is 2.56 bits per heavy atom. The van der Waals surface area contributed by atoms with Crippen molar-refractivity contribution in [3.05, 3.63) is 35.4 Å². The molecule has 18 heavy (non-hydrogen) atoms. The second-order valence-corrected chi connectivity index (χ2v) is 5.24. The summed E-state index contributed by atoms with van der Waals surface area (Å²) in [5, 5.41) is 6.16. The van der Waals surface area contributed by atoms with Crippen molar-refractivity contribution in [2.75, 3.05) is 7.05 Å². The summed E-state index contributed by atoms with van der Waals surface area (Å²) in [6.45, 7) is 3.12. The van der Waals surface area contributed by atoms with Gasteiger partial charge >= 0.3 is 0 Å². The largest absolute Gasteiger partial charge is 0.355 e. The highest BCUT2D eigenvalue weighted by Crippen LogP contribution is 2.33. The van der Waals surface area contributed by atoms with E-state index in [1.807, 2.05) is 24.3 Å². The molecule has 1 aliphatic rings. The zero-order chi connectivity index (χ0) is 13.0. The summed E-state index contributed by atoms with van der Waals surface area (Å²) in [5.74, 6) is 0.930. The van der Waals surface area contributed by atoms with Gasteiger partial charge in [-0.25, -0.2) is 0 Å². The number of amides is 1. The predicted molar refractivity (Wildman–Crippen MR) is 73.5 cm³/mol. The molecule has 1 aromatic carbocycles. The summed E-state index contributed by atoms with van der Waals surface area (Å²) in [6.07, 6.45) is 4.11. The average molecular weight is 246 g/mol. The van der Waals surface area contributed by atoms with Gasteiger partial charge in [-0.2, -0.15) is 0 Å². The van der Waals surface area contributed by atoms with E-state index in [9.17, 15) is 4.79 Å². The van der Waals surface area contributed by atoms with Crippen LogP contribution in [0.15, 0.2) is 24.3 Å². The van der Waals surface area contributed by atoms with Crippen LogP contribution in [-0.2, 0) is 6.54 Å². The van der Waals surface area contributed by atoms with E-state index < -0.39 is 0 Å². The zero-order valence-corrected chi connectivity index (χ0v) is 11.2. The molecule has 2 N–H and O–H groups in total. The first kappa shape index (κ1) is 13.1. The Hall–Kier alpha value is -1.35. The van der Waals surface area contributed by atoms with E-state index in [0.717, 1.165) is 12.5 Å². The van der Waals surface area contributed by atoms with Crippen LogP contribution in [-0.4, -0.2) is 19.0 Å². The van der Waals surface area contributed by atoms with E-state index in [1.165, 1.54) is 24.8 Å². The van der Waals surface area contributed by atoms with Crippen LogP contribution in [0.4, 0.5) is 0 Å². The smallest absolute Gasteiger partial charge is 0.251 e. The monoisotopic (exact) mass is 246 g/mol. The number of rotatable bonds is 6. The second-order valence-electron chi connectivity index (χ2n) is 5.24. The third-order valence-corrected chi connectivity index (χ3v) is 3.48. The third-order valence-electron chi connectivity index (χ3n) is 3.48. The van der Waals surface area contributed by atoms with Crippen LogP contribution in [0.25, 0.3) is 0 Å². The first-order valence-corrected chi connectivity index (χ1v) is 6.73. The van der Waals surface area contributed by atoms with Crippen LogP contribution in [0.5, 0.6) is 0 Å². The molecule has 0 heterocycles. The van der Waals surface area contributed by atoms with Crippen LogP contribution in [0.1, 0.15) is 42.1 Å². The van der Waals surface area contributed by atoms with Crippen molar-refractivity contribution in [3.63, 3.8) is 0 Å². The Morgan fingerprint density at radius 1 is 1.33 bits per heavy atom. The second kappa shape index (κ2) is 6.01. The van der Waals surface area contributed by atoms with Crippen LogP contribution >= 0.6 is 0 Å². The van der Waals surface area contributed by atoms with Crippen LogP contribution in [0.3, 0.4) is 0 Å². The molecule has 0 bridgehead atoms. The van der Waals surface area contributed by atoms with Crippen molar-refractivity contribution in [3.8, 4) is 0 Å². The maximum atomic E-state index is 11.4. The zero-order valence-electron chi connectivity index (χ0n) is 11.2. The minimum atomic E-state index is -0.0309. The number of hydrogen-bond donors (Lipinski definition) is 2. The lowest BCUT2D eigenvalue weighted by atomic mass is 10.1. The van der Waals surface area contributed by atoms with Gasteiger partial charge in [-0.05, 0) is 37.0 Å². The fourth-order valence-corrected chi connectivity index (χ4v) is 2.15. The minimum absolute atomic E-state index is 0.0309. The summed E-state index contributed by atoms with van der Waals surface area (Å²) in [4.78, 5) is 11.4. The average Bonchev–Trinajstić information content (AvgIpc) is 3.20. The Kier molecular flexibility index (Phi) is 4.37. The summed E-state index contributed by atoms with van der Waals surface area (Å²) in [5.41, 5.74) is 1.94. The molecule has 0 aliphatic heterocycles. The topological polar surface area (TPSA) is 41.1 Å². The van der Waals surface area contributed by atoms with Gasteiger partial charge < -0.3 is 10.6 Å². The fourth-order valence-electron chi connectivity index (χ4n) is 2.15. The molecule has 1 fully saturated rings. The summed E-state index contributed by atoms with van der Waals surface area (Å²) < 4.78 is 0. The molecule has 2 rings (SSSR count). The molecule has 0 saturated heterocycles. The number of nitrogens with one attached hydrogen (secondary N) is 2. The molecular formula is C15H22N2O. The lowest BCUT2D eigenvalue weighted by molar-refractivity contribution is 0.0963. The molecule has 1 unspecified atom stereocenters. The quantitative estimate of drug-likeness (QED) is 0.809. The van der Waals surface area contributed by atoms with E-state index in [1.54, 1.807) is 7.05 Å². The van der Waals surface area contributed by atoms with Crippen molar-refractivity contribution < 1.29 is 4.79 Å². The van der Waals surface area contributed by atoms with E-state index in [0.29, 0.717) is 11.6 Å². The van der Waals surface area contributed by atoms with Crippen LogP contribution < -0.4 is 10.6 Å². The molecule has 3 nitrogen and oxygen atoms in total. The van der Waals surface area contributed by atoms with Gasteiger partial charge in [-0.1, -0.05) is 25.0 Å². The van der Waals surface area contributed by atoms with Crippen LogP contribution in [0.2, 0.25) is 0 Å². The molecule has 3 heteroatoms. The number of carbonyl (C=O) groups is 1. The summed E-state index contributed by atoms with van der Waals surface area (Å²) in [6, 6.07) is 8.36. The molecule has 0 radical (unpaired) electrons. The van der Waals surface area contributed by atoms with Crippen LogP contribution in [0, 0.1) is 5.92 Å². The Morgan fingerprint density at radius 2 is 2.00 bits per heavy atom. The lowest BCUT2D eigenvalue weighted by Crippen LogP contribution is -2.26.